The number of pyridine rings is 1. The standard InChI is InChI=1S/C30H39N5O9/c1-3-43-30(41)34-15-13-33(14-16-34)29(40)23(10-11-27(37)38)32-28(39)24-17-25(21-8-4-5-9-22(21)31-24)44-19-26(36)35-12-6-7-20(35)18-42-2/h4-5,8-9,17,20,23H,3,6-7,10-16,18-19H2,1-2H3,(H,32,39)(H,37,38)/t20-,23+/m1/s1. The van der Waals surface area contributed by atoms with Crippen molar-refractivity contribution in [1.82, 2.24) is 25.0 Å². The monoisotopic (exact) mass is 613 g/mol. The van der Waals surface area contributed by atoms with Crippen molar-refractivity contribution >= 4 is 40.7 Å². The second-order valence-corrected chi connectivity index (χ2v) is 10.6. The van der Waals surface area contributed by atoms with Crippen molar-refractivity contribution in [2.75, 3.05) is 59.7 Å². The highest BCUT2D eigenvalue weighted by molar-refractivity contribution is 5.99. The van der Waals surface area contributed by atoms with Gasteiger partial charge in [0, 0.05) is 57.7 Å². The lowest BCUT2D eigenvalue weighted by Crippen LogP contribution is -2.56. The van der Waals surface area contributed by atoms with Crippen LogP contribution in [0.15, 0.2) is 30.3 Å². The molecule has 1 aromatic carbocycles. The van der Waals surface area contributed by atoms with Crippen molar-refractivity contribution < 1.29 is 43.3 Å². The average Bonchev–Trinajstić information content (AvgIpc) is 3.49. The van der Waals surface area contributed by atoms with Crippen LogP contribution in [0.4, 0.5) is 4.79 Å². The van der Waals surface area contributed by atoms with Crippen LogP contribution >= 0.6 is 0 Å². The van der Waals surface area contributed by atoms with Gasteiger partial charge in [-0.1, -0.05) is 12.1 Å². The van der Waals surface area contributed by atoms with Crippen molar-refractivity contribution in [2.45, 2.75) is 44.7 Å². The SMILES string of the molecule is CCOC(=O)N1CCN(C(=O)[C@H](CCC(=O)O)NC(=O)c2cc(OCC(=O)N3CCC[C@@H]3COC)c3ccccc3n2)CC1. The van der Waals surface area contributed by atoms with E-state index < -0.39 is 29.9 Å². The number of nitrogens with zero attached hydrogens (tertiary/aromatic N) is 4. The highest BCUT2D eigenvalue weighted by Crippen LogP contribution is 2.26. The van der Waals surface area contributed by atoms with E-state index in [0.717, 1.165) is 12.8 Å². The quantitative estimate of drug-likeness (QED) is 0.358. The van der Waals surface area contributed by atoms with Gasteiger partial charge in [-0.25, -0.2) is 9.78 Å². The van der Waals surface area contributed by atoms with E-state index in [1.165, 1.54) is 15.9 Å². The topological polar surface area (TPSA) is 168 Å². The third-order valence-corrected chi connectivity index (χ3v) is 7.69. The molecule has 0 spiro atoms. The van der Waals surface area contributed by atoms with E-state index in [-0.39, 0.29) is 75.6 Å². The van der Waals surface area contributed by atoms with Crippen LogP contribution in [-0.2, 0) is 23.9 Å². The molecular weight excluding hydrogens is 574 g/mol. The molecule has 4 rings (SSSR count). The van der Waals surface area contributed by atoms with Crippen LogP contribution in [0, 0.1) is 0 Å². The van der Waals surface area contributed by atoms with Crippen LogP contribution in [-0.4, -0.2) is 126 Å². The average molecular weight is 614 g/mol. The molecule has 1 aromatic heterocycles. The number of fused-ring (bicyclic) bond motifs is 1. The van der Waals surface area contributed by atoms with Crippen LogP contribution < -0.4 is 10.1 Å². The number of hydrogen-bond donors (Lipinski definition) is 2. The summed E-state index contributed by atoms with van der Waals surface area (Å²) in [6.07, 6.45) is 0.784. The summed E-state index contributed by atoms with van der Waals surface area (Å²) in [4.78, 5) is 72.4. The zero-order valence-electron chi connectivity index (χ0n) is 25.0. The molecule has 14 nitrogen and oxygen atoms in total. The lowest BCUT2D eigenvalue weighted by Gasteiger charge is -2.35. The normalized spacial score (nSPS) is 17.3. The van der Waals surface area contributed by atoms with E-state index in [1.807, 2.05) is 0 Å². The number of benzene rings is 1. The molecular formula is C30H39N5O9. The Kier molecular flexibility index (Phi) is 11.3. The number of amides is 4. The fourth-order valence-corrected chi connectivity index (χ4v) is 5.43. The Morgan fingerprint density at radius 1 is 1.07 bits per heavy atom. The zero-order chi connectivity index (χ0) is 31.6. The molecule has 2 atom stereocenters. The van der Waals surface area contributed by atoms with E-state index in [1.54, 1.807) is 43.2 Å². The summed E-state index contributed by atoms with van der Waals surface area (Å²) >= 11 is 0. The number of para-hydroxylation sites is 1. The van der Waals surface area contributed by atoms with Crippen molar-refractivity contribution in [3.8, 4) is 5.75 Å². The van der Waals surface area contributed by atoms with Gasteiger partial charge < -0.3 is 39.3 Å². The van der Waals surface area contributed by atoms with Gasteiger partial charge >= 0.3 is 12.1 Å². The molecule has 2 aromatic rings. The van der Waals surface area contributed by atoms with Crippen LogP contribution in [0.3, 0.4) is 0 Å². The fourth-order valence-electron chi connectivity index (χ4n) is 5.43. The fraction of sp³-hybridized carbons (Fsp3) is 0.533. The molecule has 3 heterocycles. The van der Waals surface area contributed by atoms with Crippen LogP contribution in [0.25, 0.3) is 10.9 Å². The molecule has 238 valence electrons. The minimum atomic E-state index is -1.14. The van der Waals surface area contributed by atoms with Gasteiger partial charge in [0.1, 0.15) is 17.5 Å². The number of carbonyl (C=O) groups is 5. The third-order valence-electron chi connectivity index (χ3n) is 7.69. The number of carboxylic acid groups (broad SMARTS) is 1. The number of piperazine rings is 1. The summed E-state index contributed by atoms with van der Waals surface area (Å²) in [7, 11) is 1.60. The summed E-state index contributed by atoms with van der Waals surface area (Å²) in [5, 5.41) is 12.5. The first-order valence-electron chi connectivity index (χ1n) is 14.8. The van der Waals surface area contributed by atoms with E-state index in [9.17, 15) is 29.1 Å². The molecule has 2 fully saturated rings. The van der Waals surface area contributed by atoms with E-state index in [4.69, 9.17) is 14.2 Å². The molecule has 0 bridgehead atoms. The molecule has 0 saturated carbocycles. The zero-order valence-corrected chi connectivity index (χ0v) is 25.0. The summed E-state index contributed by atoms with van der Waals surface area (Å²) < 4.78 is 16.2. The number of carbonyl (C=O) groups excluding carboxylic acids is 4. The van der Waals surface area contributed by atoms with Crippen LogP contribution in [0.1, 0.15) is 43.1 Å². The van der Waals surface area contributed by atoms with Gasteiger partial charge in [0.05, 0.1) is 24.8 Å². The second-order valence-electron chi connectivity index (χ2n) is 10.6. The molecule has 0 radical (unpaired) electrons. The van der Waals surface area contributed by atoms with Gasteiger partial charge in [-0.3, -0.25) is 19.2 Å². The number of rotatable bonds is 12. The van der Waals surface area contributed by atoms with Gasteiger partial charge in [0.25, 0.3) is 11.8 Å². The van der Waals surface area contributed by atoms with E-state index in [0.29, 0.717) is 24.1 Å². The molecule has 0 unspecified atom stereocenters. The predicted molar refractivity (Wildman–Crippen MR) is 157 cm³/mol. The van der Waals surface area contributed by atoms with Gasteiger partial charge in [0.15, 0.2) is 6.61 Å². The maximum atomic E-state index is 13.5. The summed E-state index contributed by atoms with van der Waals surface area (Å²) in [6, 6.07) is 7.27. The number of nitrogens with one attached hydrogen (secondary N) is 1. The Hall–Kier alpha value is -4.46. The number of carboxylic acids is 1. The number of aromatic nitrogens is 1. The Morgan fingerprint density at radius 2 is 1.80 bits per heavy atom. The van der Waals surface area contributed by atoms with Crippen LogP contribution in [0.5, 0.6) is 5.75 Å². The lowest BCUT2D eigenvalue weighted by atomic mass is 10.1. The summed E-state index contributed by atoms with van der Waals surface area (Å²) in [5.41, 5.74) is 0.398. The van der Waals surface area contributed by atoms with Crippen molar-refractivity contribution in [2.24, 2.45) is 0 Å². The first-order chi connectivity index (χ1) is 21.2. The number of ether oxygens (including phenoxy) is 3. The van der Waals surface area contributed by atoms with Gasteiger partial charge in [-0.05, 0) is 38.3 Å². The molecule has 0 aliphatic carbocycles. The molecule has 14 heteroatoms. The third kappa shape index (κ3) is 8.13. The van der Waals surface area contributed by atoms with E-state index in [2.05, 4.69) is 10.3 Å². The minimum Gasteiger partial charge on any atom is -0.483 e. The maximum Gasteiger partial charge on any atom is 0.409 e. The number of aliphatic carboxylic acids is 1. The first kappa shape index (κ1) is 32.5. The smallest absolute Gasteiger partial charge is 0.409 e. The van der Waals surface area contributed by atoms with Gasteiger partial charge in [0.2, 0.25) is 5.91 Å². The Labute approximate surface area is 255 Å². The van der Waals surface area contributed by atoms with E-state index >= 15 is 0 Å². The molecule has 2 aliphatic heterocycles. The van der Waals surface area contributed by atoms with Crippen LogP contribution in [0.2, 0.25) is 0 Å². The Bertz CT molecular complexity index is 1360. The summed E-state index contributed by atoms with van der Waals surface area (Å²) in [6.45, 7) is 3.67. The molecule has 44 heavy (non-hydrogen) atoms. The number of likely N-dealkylation sites (tertiary alicyclic amines) is 1. The first-order valence-corrected chi connectivity index (χ1v) is 14.8. The predicted octanol–water partition coefficient (Wildman–Crippen LogP) is 1.51. The van der Waals surface area contributed by atoms with Crippen molar-refractivity contribution in [1.29, 1.82) is 0 Å². The second kappa shape index (κ2) is 15.3. The van der Waals surface area contributed by atoms with Crippen molar-refractivity contribution in [3.63, 3.8) is 0 Å². The largest absolute Gasteiger partial charge is 0.483 e. The lowest BCUT2D eigenvalue weighted by molar-refractivity contribution is -0.138. The molecule has 4 amide bonds. The van der Waals surface area contributed by atoms with Gasteiger partial charge in [-0.2, -0.15) is 0 Å². The van der Waals surface area contributed by atoms with Crippen molar-refractivity contribution in [3.05, 3.63) is 36.0 Å². The number of methoxy groups -OCH3 is 1. The molecule has 2 saturated heterocycles. The molecule has 2 aliphatic rings. The molecule has 2 N–H and O–H groups in total. The minimum absolute atomic E-state index is 0.0139. The number of hydrogen-bond acceptors (Lipinski definition) is 9. The summed E-state index contributed by atoms with van der Waals surface area (Å²) in [5.74, 6) is -2.18. The maximum absolute atomic E-state index is 13.5. The van der Waals surface area contributed by atoms with Gasteiger partial charge in [-0.15, -0.1) is 0 Å². The Balaban J connectivity index is 1.48. The highest BCUT2D eigenvalue weighted by Gasteiger charge is 2.32. The highest BCUT2D eigenvalue weighted by atomic mass is 16.6. The Morgan fingerprint density at radius 3 is 2.50 bits per heavy atom.